The Morgan fingerprint density at radius 1 is 1.16 bits per heavy atom. The van der Waals surface area contributed by atoms with Crippen LogP contribution in [0.2, 0.25) is 5.02 Å². The highest BCUT2D eigenvalue weighted by Crippen LogP contribution is 2.36. The van der Waals surface area contributed by atoms with Gasteiger partial charge in [-0.2, -0.15) is 0 Å². The van der Waals surface area contributed by atoms with Crippen LogP contribution < -0.4 is 5.32 Å². The minimum Gasteiger partial charge on any atom is -0.349 e. The molecule has 0 spiro atoms. The van der Waals surface area contributed by atoms with Gasteiger partial charge in [0, 0.05) is 31.0 Å². The van der Waals surface area contributed by atoms with Crippen molar-refractivity contribution in [2.45, 2.75) is 51.5 Å². The summed E-state index contributed by atoms with van der Waals surface area (Å²) in [7, 11) is 0. The Bertz CT molecular complexity index is 620. The molecule has 1 aliphatic heterocycles. The number of hydrogen-bond donors (Lipinski definition) is 1. The maximum absolute atomic E-state index is 12.9. The highest BCUT2D eigenvalue weighted by Gasteiger charge is 2.31. The number of carbonyl (C=O) groups excluding carboxylic acids is 2. The van der Waals surface area contributed by atoms with E-state index >= 15 is 0 Å². The van der Waals surface area contributed by atoms with Gasteiger partial charge >= 0.3 is 0 Å². The largest absolute Gasteiger partial charge is 0.349 e. The second kappa shape index (κ2) is 8.22. The number of nitrogens with zero attached hydrogens (tertiary/aromatic N) is 1. The first kappa shape index (κ1) is 18.2. The number of halogens is 1. The molecule has 1 atom stereocenters. The van der Waals surface area contributed by atoms with Gasteiger partial charge in [0.1, 0.15) is 0 Å². The molecule has 25 heavy (non-hydrogen) atoms. The van der Waals surface area contributed by atoms with Crippen molar-refractivity contribution in [1.82, 2.24) is 10.2 Å². The lowest BCUT2D eigenvalue weighted by Gasteiger charge is -2.33. The minimum atomic E-state index is -0.00122. The summed E-state index contributed by atoms with van der Waals surface area (Å²) in [6.45, 7) is 2.95. The van der Waals surface area contributed by atoms with Gasteiger partial charge in [0.25, 0.3) is 0 Å². The van der Waals surface area contributed by atoms with Crippen molar-refractivity contribution in [2.75, 3.05) is 13.1 Å². The number of carbonyl (C=O) groups is 2. The molecular formula is C20H27ClN2O2. The molecule has 3 rings (SSSR count). The molecule has 1 aliphatic carbocycles. The summed E-state index contributed by atoms with van der Waals surface area (Å²) < 4.78 is 0. The molecule has 1 saturated carbocycles. The lowest BCUT2D eigenvalue weighted by molar-refractivity contribution is -0.134. The standard InChI is InChI=1S/C20H27ClN2O2/c1-14(24)23-11-9-16(10-12-23)20(25)22-19(15-5-2-3-6-15)17-7-4-8-18(21)13-17/h4,7-8,13,15-16,19H,2-3,5-6,9-12H2,1H3,(H,22,25)/t19-/m1/s1. The molecular weight excluding hydrogens is 336 g/mol. The van der Waals surface area contributed by atoms with E-state index in [1.165, 1.54) is 12.8 Å². The van der Waals surface area contributed by atoms with Gasteiger partial charge in [0.15, 0.2) is 0 Å². The second-order valence-electron chi connectivity index (χ2n) is 7.37. The van der Waals surface area contributed by atoms with Gasteiger partial charge in [-0.05, 0) is 49.3 Å². The Morgan fingerprint density at radius 2 is 1.84 bits per heavy atom. The summed E-state index contributed by atoms with van der Waals surface area (Å²) in [6, 6.07) is 7.91. The van der Waals surface area contributed by atoms with Gasteiger partial charge in [-0.3, -0.25) is 9.59 Å². The fourth-order valence-electron chi connectivity index (χ4n) is 4.19. The number of hydrogen-bond acceptors (Lipinski definition) is 2. The van der Waals surface area contributed by atoms with Gasteiger partial charge in [0.2, 0.25) is 11.8 Å². The number of likely N-dealkylation sites (tertiary alicyclic amines) is 1. The second-order valence-corrected chi connectivity index (χ2v) is 7.80. The average Bonchev–Trinajstić information content (AvgIpc) is 3.13. The predicted octanol–water partition coefficient (Wildman–Crippen LogP) is 3.95. The highest BCUT2D eigenvalue weighted by molar-refractivity contribution is 6.30. The maximum atomic E-state index is 12.9. The van der Waals surface area contributed by atoms with Crippen molar-refractivity contribution in [2.24, 2.45) is 11.8 Å². The zero-order valence-corrected chi connectivity index (χ0v) is 15.6. The number of amides is 2. The fourth-order valence-corrected chi connectivity index (χ4v) is 4.39. The van der Waals surface area contributed by atoms with Crippen LogP contribution in [0.15, 0.2) is 24.3 Å². The van der Waals surface area contributed by atoms with E-state index in [2.05, 4.69) is 11.4 Å². The lowest BCUT2D eigenvalue weighted by atomic mass is 9.89. The van der Waals surface area contributed by atoms with Gasteiger partial charge in [-0.15, -0.1) is 0 Å². The number of benzene rings is 1. The van der Waals surface area contributed by atoms with Gasteiger partial charge in [0.05, 0.1) is 6.04 Å². The monoisotopic (exact) mass is 362 g/mol. The first-order valence-corrected chi connectivity index (χ1v) is 9.73. The van der Waals surface area contributed by atoms with Crippen LogP contribution >= 0.6 is 11.6 Å². The number of rotatable bonds is 4. The van der Waals surface area contributed by atoms with Crippen LogP contribution in [-0.4, -0.2) is 29.8 Å². The van der Waals surface area contributed by atoms with E-state index in [0.29, 0.717) is 24.0 Å². The Hall–Kier alpha value is -1.55. The van der Waals surface area contributed by atoms with Crippen LogP contribution in [0.1, 0.15) is 57.1 Å². The average molecular weight is 363 g/mol. The number of piperidine rings is 1. The minimum absolute atomic E-state index is 0.00122. The van der Waals surface area contributed by atoms with Crippen molar-refractivity contribution < 1.29 is 9.59 Å². The molecule has 4 nitrogen and oxygen atoms in total. The molecule has 2 amide bonds. The SMILES string of the molecule is CC(=O)N1CCC(C(=O)N[C@@H](c2cccc(Cl)c2)C2CCCC2)CC1. The van der Waals surface area contributed by atoms with Gasteiger partial charge in [-0.1, -0.05) is 36.6 Å². The van der Waals surface area contributed by atoms with Gasteiger partial charge < -0.3 is 10.2 Å². The first-order valence-electron chi connectivity index (χ1n) is 9.36. The Kier molecular flexibility index (Phi) is 6.00. The van der Waals surface area contributed by atoms with Crippen molar-refractivity contribution in [3.8, 4) is 0 Å². The van der Waals surface area contributed by atoms with E-state index in [1.807, 2.05) is 23.1 Å². The van der Waals surface area contributed by atoms with E-state index in [9.17, 15) is 9.59 Å². The first-order chi connectivity index (χ1) is 12.0. The van der Waals surface area contributed by atoms with Gasteiger partial charge in [-0.25, -0.2) is 0 Å². The summed E-state index contributed by atoms with van der Waals surface area (Å²) in [5.74, 6) is 0.708. The van der Waals surface area contributed by atoms with Crippen molar-refractivity contribution in [3.63, 3.8) is 0 Å². The molecule has 1 saturated heterocycles. The van der Waals surface area contributed by atoms with Crippen LogP contribution in [-0.2, 0) is 9.59 Å². The molecule has 0 bridgehead atoms. The Labute approximate surface area is 154 Å². The van der Waals surface area contributed by atoms with Crippen LogP contribution in [0.5, 0.6) is 0 Å². The molecule has 1 aromatic rings. The Morgan fingerprint density at radius 3 is 2.44 bits per heavy atom. The summed E-state index contributed by atoms with van der Waals surface area (Å²) >= 11 is 6.18. The van der Waals surface area contributed by atoms with Crippen LogP contribution in [0.3, 0.4) is 0 Å². The quantitative estimate of drug-likeness (QED) is 0.881. The van der Waals surface area contributed by atoms with E-state index in [-0.39, 0.29) is 23.8 Å². The number of nitrogens with one attached hydrogen (secondary N) is 1. The molecule has 0 unspecified atom stereocenters. The normalized spacial score (nSPS) is 20.5. The highest BCUT2D eigenvalue weighted by atomic mass is 35.5. The molecule has 5 heteroatoms. The molecule has 1 aromatic carbocycles. The summed E-state index contributed by atoms with van der Waals surface area (Å²) in [5.41, 5.74) is 1.11. The molecule has 1 heterocycles. The molecule has 0 aromatic heterocycles. The van der Waals surface area contributed by atoms with Crippen molar-refractivity contribution in [1.29, 1.82) is 0 Å². The van der Waals surface area contributed by atoms with Crippen molar-refractivity contribution in [3.05, 3.63) is 34.9 Å². The molecule has 1 N–H and O–H groups in total. The molecule has 136 valence electrons. The lowest BCUT2D eigenvalue weighted by Crippen LogP contribution is -2.43. The molecule has 0 radical (unpaired) electrons. The van der Waals surface area contributed by atoms with Crippen LogP contribution in [0, 0.1) is 11.8 Å². The zero-order chi connectivity index (χ0) is 17.8. The predicted molar refractivity (Wildman–Crippen MR) is 99.3 cm³/mol. The third kappa shape index (κ3) is 4.55. The fraction of sp³-hybridized carbons (Fsp3) is 0.600. The third-order valence-corrected chi connectivity index (χ3v) is 5.92. The van der Waals surface area contributed by atoms with Crippen molar-refractivity contribution >= 4 is 23.4 Å². The topological polar surface area (TPSA) is 49.4 Å². The summed E-state index contributed by atoms with van der Waals surface area (Å²) in [4.78, 5) is 26.1. The summed E-state index contributed by atoms with van der Waals surface area (Å²) in [6.07, 6.45) is 6.26. The van der Waals surface area contributed by atoms with Crippen LogP contribution in [0.25, 0.3) is 0 Å². The van der Waals surface area contributed by atoms with Crippen LogP contribution in [0.4, 0.5) is 0 Å². The third-order valence-electron chi connectivity index (χ3n) is 5.69. The van der Waals surface area contributed by atoms with E-state index in [4.69, 9.17) is 11.6 Å². The maximum Gasteiger partial charge on any atom is 0.223 e. The Balaban J connectivity index is 1.68. The zero-order valence-electron chi connectivity index (χ0n) is 14.8. The smallest absolute Gasteiger partial charge is 0.223 e. The van der Waals surface area contributed by atoms with E-state index in [0.717, 1.165) is 31.2 Å². The van der Waals surface area contributed by atoms with E-state index < -0.39 is 0 Å². The summed E-state index contributed by atoms with van der Waals surface area (Å²) in [5, 5.41) is 4.03. The molecule has 2 aliphatic rings. The van der Waals surface area contributed by atoms with E-state index in [1.54, 1.807) is 6.92 Å². The molecule has 2 fully saturated rings.